The fourth-order valence-corrected chi connectivity index (χ4v) is 2.96. The molecule has 0 bridgehead atoms. The molecule has 0 spiro atoms. The number of phenols is 1. The monoisotopic (exact) mass is 412 g/mol. The minimum Gasteiger partial charge on any atom is -0.507 e. The van der Waals surface area contributed by atoms with Crippen molar-refractivity contribution in [3.8, 4) is 17.0 Å². The summed E-state index contributed by atoms with van der Waals surface area (Å²) in [5.74, 6) is -0.340. The molecule has 1 aromatic heterocycles. The lowest BCUT2D eigenvalue weighted by molar-refractivity contribution is 0.0945. The third-order valence-corrected chi connectivity index (χ3v) is 4.68. The van der Waals surface area contributed by atoms with Gasteiger partial charge in [0, 0.05) is 35.6 Å². The van der Waals surface area contributed by atoms with Crippen molar-refractivity contribution in [1.82, 2.24) is 10.3 Å². The number of nitrogens with two attached hydrogens (primary N) is 1. The molecule has 3 rings (SSSR count). The number of phenolic OH excluding ortho intramolecular Hbond substituents is 1. The number of hydrogen-bond donors (Lipinski definition) is 4. The smallest absolute Gasteiger partial charge is 0.255 e. The highest BCUT2D eigenvalue weighted by molar-refractivity contribution is 6.30. The van der Waals surface area contributed by atoms with Crippen LogP contribution >= 0.6 is 11.6 Å². The molecule has 150 valence electrons. The Bertz CT molecular complexity index is 1020. The van der Waals surface area contributed by atoms with Gasteiger partial charge in [0.15, 0.2) is 0 Å². The van der Waals surface area contributed by atoms with Crippen molar-refractivity contribution in [3.05, 3.63) is 65.2 Å². The summed E-state index contributed by atoms with van der Waals surface area (Å²) in [5, 5.41) is 22.3. The molecule has 0 fully saturated rings. The predicted molar refractivity (Wildman–Crippen MR) is 115 cm³/mol. The third-order valence-electron chi connectivity index (χ3n) is 4.42. The Kier molecular flexibility index (Phi) is 6.21. The molecule has 0 aliphatic rings. The first-order valence-corrected chi connectivity index (χ1v) is 9.26. The number of benzene rings is 2. The highest BCUT2D eigenvalue weighted by Gasteiger charge is 2.15. The van der Waals surface area contributed by atoms with E-state index in [4.69, 9.17) is 22.4 Å². The fraction of sp³-hybridized carbons (Fsp3) is 0.143. The van der Waals surface area contributed by atoms with Gasteiger partial charge in [-0.25, -0.2) is 4.98 Å². The Morgan fingerprint density at radius 2 is 1.83 bits per heavy atom. The van der Waals surface area contributed by atoms with E-state index < -0.39 is 5.91 Å². The van der Waals surface area contributed by atoms with Gasteiger partial charge in [0.2, 0.25) is 0 Å². The van der Waals surface area contributed by atoms with E-state index in [0.717, 1.165) is 11.4 Å². The van der Waals surface area contributed by atoms with Gasteiger partial charge in [-0.3, -0.25) is 4.79 Å². The molecular weight excluding hydrogens is 392 g/mol. The fourth-order valence-electron chi connectivity index (χ4n) is 2.83. The van der Waals surface area contributed by atoms with E-state index in [0.29, 0.717) is 16.3 Å². The summed E-state index contributed by atoms with van der Waals surface area (Å²) in [5.41, 5.74) is 8.82. The predicted octanol–water partition coefficient (Wildman–Crippen LogP) is 3.18. The number of pyridine rings is 1. The summed E-state index contributed by atoms with van der Waals surface area (Å²) in [6, 6.07) is 15.7. The number of anilines is 3. The van der Waals surface area contributed by atoms with Crippen LogP contribution in [0.5, 0.6) is 5.75 Å². The molecule has 0 unspecified atom stereocenters. The number of carbonyl (C=O) groups is 1. The maximum atomic E-state index is 12.1. The van der Waals surface area contributed by atoms with Crippen molar-refractivity contribution >= 4 is 34.7 Å². The lowest BCUT2D eigenvalue weighted by Gasteiger charge is -2.21. The average Bonchev–Trinajstić information content (AvgIpc) is 2.72. The zero-order valence-corrected chi connectivity index (χ0v) is 16.5. The lowest BCUT2D eigenvalue weighted by Crippen LogP contribution is -2.27. The molecule has 7 nitrogen and oxygen atoms in total. The maximum Gasteiger partial charge on any atom is 0.255 e. The normalized spacial score (nSPS) is 10.6. The van der Waals surface area contributed by atoms with Crippen molar-refractivity contribution in [3.63, 3.8) is 0 Å². The third kappa shape index (κ3) is 4.59. The Labute approximate surface area is 173 Å². The molecule has 1 heterocycles. The molecule has 0 radical (unpaired) electrons. The van der Waals surface area contributed by atoms with Gasteiger partial charge in [-0.05, 0) is 54.6 Å². The van der Waals surface area contributed by atoms with Gasteiger partial charge in [-0.15, -0.1) is 0 Å². The van der Waals surface area contributed by atoms with E-state index in [2.05, 4.69) is 10.3 Å². The highest BCUT2D eigenvalue weighted by atomic mass is 35.5. The van der Waals surface area contributed by atoms with E-state index in [1.807, 2.05) is 24.1 Å². The largest absolute Gasteiger partial charge is 0.507 e. The maximum absolute atomic E-state index is 12.1. The van der Waals surface area contributed by atoms with Crippen LogP contribution in [0.15, 0.2) is 54.6 Å². The molecule has 1 amide bonds. The van der Waals surface area contributed by atoms with Gasteiger partial charge >= 0.3 is 0 Å². The molecular formula is C21H21ClN4O3. The van der Waals surface area contributed by atoms with Crippen LogP contribution in [0.4, 0.5) is 17.2 Å². The SMILES string of the molecule is CN(c1ccc(Cl)cc1)c1ccc(O)c(-c2ccc(C(=O)NCCO)c(N)n2)c1. The first kappa shape index (κ1) is 20.4. The Morgan fingerprint density at radius 1 is 1.14 bits per heavy atom. The van der Waals surface area contributed by atoms with Crippen LogP contribution in [0.2, 0.25) is 5.02 Å². The first-order chi connectivity index (χ1) is 13.9. The number of halogens is 1. The van der Waals surface area contributed by atoms with Crippen LogP contribution in [0.25, 0.3) is 11.3 Å². The van der Waals surface area contributed by atoms with Crippen LogP contribution in [-0.2, 0) is 0 Å². The molecule has 0 saturated heterocycles. The van der Waals surface area contributed by atoms with E-state index in [1.54, 1.807) is 42.5 Å². The second-order valence-corrected chi connectivity index (χ2v) is 6.78. The van der Waals surface area contributed by atoms with Gasteiger partial charge < -0.3 is 26.2 Å². The minimum atomic E-state index is -0.420. The summed E-state index contributed by atoms with van der Waals surface area (Å²) >= 11 is 5.95. The standard InChI is InChI=1S/C21H21ClN4O3/c1-26(14-4-2-13(22)3-5-14)15-6-9-19(28)17(12-15)18-8-7-16(20(23)25-18)21(29)24-10-11-27/h2-9,12,27-28H,10-11H2,1H3,(H2,23,25)(H,24,29). The zero-order valence-electron chi connectivity index (χ0n) is 15.8. The number of aliphatic hydroxyl groups excluding tert-OH is 1. The summed E-state index contributed by atoms with van der Waals surface area (Å²) in [7, 11) is 1.90. The number of nitrogens with zero attached hydrogens (tertiary/aromatic N) is 2. The second-order valence-electron chi connectivity index (χ2n) is 6.35. The van der Waals surface area contributed by atoms with Crippen molar-refractivity contribution in [1.29, 1.82) is 0 Å². The number of nitrogens with one attached hydrogen (secondary N) is 1. The Hall–Kier alpha value is -3.29. The number of amides is 1. The molecule has 8 heteroatoms. The summed E-state index contributed by atoms with van der Waals surface area (Å²) < 4.78 is 0. The number of rotatable bonds is 6. The molecule has 2 aromatic carbocycles. The molecule has 3 aromatic rings. The van der Waals surface area contributed by atoms with E-state index in [1.165, 1.54) is 0 Å². The number of aromatic hydroxyl groups is 1. The molecule has 0 aliphatic heterocycles. The highest BCUT2D eigenvalue weighted by Crippen LogP contribution is 2.34. The quantitative estimate of drug-likeness (QED) is 0.494. The molecule has 5 N–H and O–H groups in total. The molecule has 0 atom stereocenters. The van der Waals surface area contributed by atoms with E-state index in [-0.39, 0.29) is 30.3 Å². The second kappa shape index (κ2) is 8.81. The van der Waals surface area contributed by atoms with Crippen molar-refractivity contribution in [2.45, 2.75) is 0 Å². The number of aromatic nitrogens is 1. The van der Waals surface area contributed by atoms with Crippen molar-refractivity contribution in [2.24, 2.45) is 0 Å². The van der Waals surface area contributed by atoms with Gasteiger partial charge in [0.1, 0.15) is 11.6 Å². The summed E-state index contributed by atoms with van der Waals surface area (Å²) in [4.78, 5) is 18.3. The summed E-state index contributed by atoms with van der Waals surface area (Å²) in [6.07, 6.45) is 0. The van der Waals surface area contributed by atoms with Crippen LogP contribution in [0.1, 0.15) is 10.4 Å². The number of carbonyl (C=O) groups excluding carboxylic acids is 1. The minimum absolute atomic E-state index is 0.0359. The van der Waals surface area contributed by atoms with Crippen LogP contribution in [-0.4, -0.2) is 41.3 Å². The van der Waals surface area contributed by atoms with Crippen molar-refractivity contribution < 1.29 is 15.0 Å². The molecule has 29 heavy (non-hydrogen) atoms. The van der Waals surface area contributed by atoms with E-state index in [9.17, 15) is 9.90 Å². The first-order valence-electron chi connectivity index (χ1n) is 8.89. The average molecular weight is 413 g/mol. The Morgan fingerprint density at radius 3 is 2.48 bits per heavy atom. The molecule has 0 saturated carbocycles. The number of aliphatic hydroxyl groups is 1. The Balaban J connectivity index is 1.93. The van der Waals surface area contributed by atoms with Gasteiger partial charge in [-0.2, -0.15) is 0 Å². The van der Waals surface area contributed by atoms with Crippen molar-refractivity contribution in [2.75, 3.05) is 30.8 Å². The van der Waals surface area contributed by atoms with Crippen LogP contribution in [0.3, 0.4) is 0 Å². The van der Waals surface area contributed by atoms with Crippen LogP contribution in [0, 0.1) is 0 Å². The topological polar surface area (TPSA) is 112 Å². The van der Waals surface area contributed by atoms with Gasteiger partial charge in [0.25, 0.3) is 5.91 Å². The van der Waals surface area contributed by atoms with Gasteiger partial charge in [-0.1, -0.05) is 11.6 Å². The van der Waals surface area contributed by atoms with Crippen LogP contribution < -0.4 is 16.0 Å². The molecule has 0 aliphatic carbocycles. The summed E-state index contributed by atoms with van der Waals surface area (Å²) in [6.45, 7) is -0.0428. The van der Waals surface area contributed by atoms with E-state index >= 15 is 0 Å². The van der Waals surface area contributed by atoms with Gasteiger partial charge in [0.05, 0.1) is 17.9 Å². The number of hydrogen-bond acceptors (Lipinski definition) is 6. The lowest BCUT2D eigenvalue weighted by atomic mass is 10.1. The zero-order chi connectivity index (χ0) is 21.0. The number of nitrogen functional groups attached to an aromatic ring is 1.